The van der Waals surface area contributed by atoms with Gasteiger partial charge in [-0.15, -0.1) is 5.10 Å². The Kier molecular flexibility index (Phi) is 4.08. The van der Waals surface area contributed by atoms with Crippen molar-refractivity contribution in [3.8, 4) is 17.1 Å². The standard InChI is InChI=1S/C19H18N6O2/c1-11-15(17(20)26)16(14-5-3-4-10-21-14)25-19(22-11)23-18(24-25)12-6-8-13(27-2)9-7-12/h3-10,16H,1-2H3,(H2,20,26)(H,22,23,24)/t16-/m0/s1. The van der Waals surface area contributed by atoms with Crippen molar-refractivity contribution in [2.75, 3.05) is 12.4 Å². The number of primary amides is 1. The van der Waals surface area contributed by atoms with Crippen LogP contribution in [0.1, 0.15) is 18.7 Å². The number of ether oxygens (including phenoxy) is 1. The van der Waals surface area contributed by atoms with Gasteiger partial charge in [0.1, 0.15) is 11.8 Å². The highest BCUT2D eigenvalue weighted by Crippen LogP contribution is 2.35. The van der Waals surface area contributed by atoms with E-state index in [1.165, 1.54) is 0 Å². The summed E-state index contributed by atoms with van der Waals surface area (Å²) in [6.07, 6.45) is 1.67. The van der Waals surface area contributed by atoms with Gasteiger partial charge in [0.05, 0.1) is 18.4 Å². The maximum Gasteiger partial charge on any atom is 0.248 e. The summed E-state index contributed by atoms with van der Waals surface area (Å²) in [5.41, 5.74) is 8.20. The topological polar surface area (TPSA) is 108 Å². The number of pyridine rings is 1. The zero-order valence-corrected chi connectivity index (χ0v) is 14.9. The number of hydrogen-bond donors (Lipinski definition) is 2. The van der Waals surface area contributed by atoms with Crippen molar-refractivity contribution in [2.45, 2.75) is 13.0 Å². The molecule has 2 aromatic heterocycles. The fourth-order valence-corrected chi connectivity index (χ4v) is 3.14. The molecule has 0 fully saturated rings. The first-order valence-electron chi connectivity index (χ1n) is 8.38. The van der Waals surface area contributed by atoms with E-state index in [-0.39, 0.29) is 0 Å². The number of rotatable bonds is 4. The second kappa shape index (κ2) is 6.56. The highest BCUT2D eigenvalue weighted by atomic mass is 16.5. The lowest BCUT2D eigenvalue weighted by atomic mass is 9.99. The first-order chi connectivity index (χ1) is 13.1. The van der Waals surface area contributed by atoms with E-state index in [4.69, 9.17) is 10.5 Å². The molecular weight excluding hydrogens is 344 g/mol. The van der Waals surface area contributed by atoms with Gasteiger partial charge in [0.2, 0.25) is 11.9 Å². The third-order valence-corrected chi connectivity index (χ3v) is 4.43. The molecule has 4 rings (SSSR count). The third kappa shape index (κ3) is 2.91. The van der Waals surface area contributed by atoms with Crippen molar-refractivity contribution >= 4 is 11.9 Å². The summed E-state index contributed by atoms with van der Waals surface area (Å²) >= 11 is 0. The lowest BCUT2D eigenvalue weighted by molar-refractivity contribution is -0.115. The van der Waals surface area contributed by atoms with Gasteiger partial charge in [-0.1, -0.05) is 6.07 Å². The number of allylic oxidation sites excluding steroid dienone is 1. The van der Waals surface area contributed by atoms with Gasteiger partial charge in [-0.3, -0.25) is 9.78 Å². The quantitative estimate of drug-likeness (QED) is 0.736. The fraction of sp³-hybridized carbons (Fsp3) is 0.158. The minimum Gasteiger partial charge on any atom is -0.497 e. The Labute approximate surface area is 155 Å². The van der Waals surface area contributed by atoms with E-state index in [9.17, 15) is 4.79 Å². The number of anilines is 1. The molecule has 136 valence electrons. The van der Waals surface area contributed by atoms with Crippen LogP contribution in [0.2, 0.25) is 0 Å². The number of fused-ring (bicyclic) bond motifs is 1. The Morgan fingerprint density at radius 1 is 1.22 bits per heavy atom. The number of methoxy groups -OCH3 is 1. The monoisotopic (exact) mass is 362 g/mol. The van der Waals surface area contributed by atoms with Crippen LogP contribution in [0.25, 0.3) is 11.4 Å². The molecule has 1 aliphatic heterocycles. The van der Waals surface area contributed by atoms with Crippen LogP contribution in [0, 0.1) is 0 Å². The number of carbonyl (C=O) groups is 1. The van der Waals surface area contributed by atoms with Crippen molar-refractivity contribution in [1.29, 1.82) is 0 Å². The number of benzene rings is 1. The van der Waals surface area contributed by atoms with Crippen LogP contribution in [-0.4, -0.2) is 32.8 Å². The lowest BCUT2D eigenvalue weighted by Crippen LogP contribution is -2.32. The molecule has 8 nitrogen and oxygen atoms in total. The summed E-state index contributed by atoms with van der Waals surface area (Å²) in [5, 5.41) is 7.74. The predicted octanol–water partition coefficient (Wildman–Crippen LogP) is 2.12. The minimum atomic E-state index is -0.542. The van der Waals surface area contributed by atoms with Crippen molar-refractivity contribution in [1.82, 2.24) is 19.7 Å². The smallest absolute Gasteiger partial charge is 0.248 e. The first kappa shape index (κ1) is 16.8. The summed E-state index contributed by atoms with van der Waals surface area (Å²) in [6.45, 7) is 1.79. The number of nitrogens with one attached hydrogen (secondary N) is 1. The number of aromatic nitrogens is 4. The second-order valence-electron chi connectivity index (χ2n) is 6.12. The minimum absolute atomic E-state index is 0.410. The molecule has 3 heterocycles. The molecule has 0 aliphatic carbocycles. The number of carbonyl (C=O) groups excluding carboxylic acids is 1. The molecule has 27 heavy (non-hydrogen) atoms. The van der Waals surface area contributed by atoms with Crippen LogP contribution in [0.5, 0.6) is 5.75 Å². The molecule has 3 N–H and O–H groups in total. The van der Waals surface area contributed by atoms with Crippen molar-refractivity contribution in [2.24, 2.45) is 5.73 Å². The van der Waals surface area contributed by atoms with Gasteiger partial charge < -0.3 is 15.8 Å². The Bertz CT molecular complexity index is 1020. The van der Waals surface area contributed by atoms with Gasteiger partial charge >= 0.3 is 0 Å². The molecule has 1 amide bonds. The molecule has 1 aromatic carbocycles. The SMILES string of the molecule is COc1ccc(-c2nc3n(n2)[C@@H](c2ccccn2)C(C(N)=O)=C(C)N3)cc1. The molecule has 0 unspecified atom stereocenters. The third-order valence-electron chi connectivity index (χ3n) is 4.43. The number of amides is 1. The normalized spacial score (nSPS) is 15.9. The van der Waals surface area contributed by atoms with Gasteiger partial charge in [0.15, 0.2) is 5.82 Å². The van der Waals surface area contributed by atoms with Crippen LogP contribution in [-0.2, 0) is 4.79 Å². The predicted molar refractivity (Wildman–Crippen MR) is 99.9 cm³/mol. The molecular formula is C19H18N6O2. The van der Waals surface area contributed by atoms with Gasteiger partial charge in [-0.05, 0) is 43.3 Å². The summed E-state index contributed by atoms with van der Waals surface area (Å²) in [5.74, 6) is 1.28. The Hall–Kier alpha value is -3.68. The van der Waals surface area contributed by atoms with E-state index in [1.807, 2.05) is 42.5 Å². The second-order valence-corrected chi connectivity index (χ2v) is 6.12. The lowest BCUT2D eigenvalue weighted by Gasteiger charge is -2.26. The van der Waals surface area contributed by atoms with Crippen LogP contribution in [0.15, 0.2) is 59.9 Å². The van der Waals surface area contributed by atoms with Crippen molar-refractivity contribution < 1.29 is 9.53 Å². The van der Waals surface area contributed by atoms with Crippen molar-refractivity contribution in [3.63, 3.8) is 0 Å². The van der Waals surface area contributed by atoms with Crippen LogP contribution < -0.4 is 15.8 Å². The van der Waals surface area contributed by atoms with Crippen molar-refractivity contribution in [3.05, 3.63) is 65.6 Å². The number of nitrogens with zero attached hydrogens (tertiary/aromatic N) is 4. The highest BCUT2D eigenvalue weighted by Gasteiger charge is 2.34. The highest BCUT2D eigenvalue weighted by molar-refractivity contribution is 5.95. The first-order valence-corrected chi connectivity index (χ1v) is 8.38. The molecule has 0 bridgehead atoms. The zero-order chi connectivity index (χ0) is 19.0. The van der Waals surface area contributed by atoms with Crippen LogP contribution in [0.4, 0.5) is 5.95 Å². The molecule has 1 aliphatic rings. The summed E-state index contributed by atoms with van der Waals surface area (Å²) < 4.78 is 6.84. The number of nitrogens with two attached hydrogens (primary N) is 1. The fourth-order valence-electron chi connectivity index (χ4n) is 3.14. The Morgan fingerprint density at radius 2 is 2.00 bits per heavy atom. The maximum atomic E-state index is 12.1. The van der Waals surface area contributed by atoms with E-state index in [2.05, 4.69) is 20.4 Å². The molecule has 0 spiro atoms. The van der Waals surface area contributed by atoms with Gasteiger partial charge in [-0.2, -0.15) is 4.98 Å². The van der Waals surface area contributed by atoms with Gasteiger partial charge in [0, 0.05) is 17.5 Å². The molecule has 1 atom stereocenters. The summed E-state index contributed by atoms with van der Waals surface area (Å²) in [7, 11) is 1.61. The molecule has 0 saturated heterocycles. The zero-order valence-electron chi connectivity index (χ0n) is 14.9. The number of hydrogen-bond acceptors (Lipinski definition) is 6. The van der Waals surface area contributed by atoms with Crippen LogP contribution in [0.3, 0.4) is 0 Å². The summed E-state index contributed by atoms with van der Waals surface area (Å²) in [4.78, 5) is 21.1. The largest absolute Gasteiger partial charge is 0.497 e. The average molecular weight is 362 g/mol. The Morgan fingerprint density at radius 3 is 2.63 bits per heavy atom. The van der Waals surface area contributed by atoms with E-state index in [1.54, 1.807) is 24.9 Å². The maximum absolute atomic E-state index is 12.1. The molecule has 3 aromatic rings. The molecule has 0 saturated carbocycles. The van der Waals surface area contributed by atoms with E-state index < -0.39 is 11.9 Å². The van der Waals surface area contributed by atoms with E-state index >= 15 is 0 Å². The molecule has 0 radical (unpaired) electrons. The Balaban J connectivity index is 1.83. The van der Waals surface area contributed by atoms with Gasteiger partial charge in [-0.25, -0.2) is 4.68 Å². The van der Waals surface area contributed by atoms with Crippen LogP contribution >= 0.6 is 0 Å². The van der Waals surface area contributed by atoms with E-state index in [0.29, 0.717) is 28.7 Å². The molecule has 8 heteroatoms. The average Bonchev–Trinajstić information content (AvgIpc) is 3.11. The van der Waals surface area contributed by atoms with E-state index in [0.717, 1.165) is 11.3 Å². The van der Waals surface area contributed by atoms with Gasteiger partial charge in [0.25, 0.3) is 0 Å². The summed E-state index contributed by atoms with van der Waals surface area (Å²) in [6, 6.07) is 12.4.